The van der Waals surface area contributed by atoms with Gasteiger partial charge in [0.05, 0.1) is 12.0 Å². The van der Waals surface area contributed by atoms with Crippen LogP contribution < -0.4 is 16.4 Å². The van der Waals surface area contributed by atoms with Crippen LogP contribution in [0, 0.1) is 0 Å². The molecule has 0 aromatic heterocycles. The molecule has 3 aromatic carbocycles. The highest BCUT2D eigenvalue weighted by Gasteiger charge is 2.08. The molecule has 0 bridgehead atoms. The van der Waals surface area contributed by atoms with Crippen LogP contribution in [0.1, 0.15) is 21.5 Å². The maximum absolute atomic E-state index is 12.3. The minimum Gasteiger partial charge on any atom is -0.380 e. The lowest BCUT2D eigenvalue weighted by molar-refractivity contribution is -0.115. The first-order valence-corrected chi connectivity index (χ1v) is 9.56. The van der Waals surface area contributed by atoms with Crippen LogP contribution in [0.25, 0.3) is 0 Å². The zero-order chi connectivity index (χ0) is 19.9. The number of carbonyl (C=O) groups excluding carboxylic acids is 2. The zero-order valence-corrected chi connectivity index (χ0v) is 16.7. The van der Waals surface area contributed by atoms with Crippen molar-refractivity contribution in [2.45, 2.75) is 13.0 Å². The molecule has 3 rings (SSSR count). The van der Waals surface area contributed by atoms with Gasteiger partial charge in [-0.1, -0.05) is 52.3 Å². The van der Waals surface area contributed by atoms with E-state index in [0.717, 1.165) is 21.3 Å². The lowest BCUT2D eigenvalue weighted by atomic mass is 10.1. The van der Waals surface area contributed by atoms with Crippen molar-refractivity contribution in [1.29, 1.82) is 0 Å². The van der Waals surface area contributed by atoms with Crippen LogP contribution in [0.4, 0.5) is 11.4 Å². The Balaban J connectivity index is 1.62. The fourth-order valence-electron chi connectivity index (χ4n) is 2.80. The lowest BCUT2D eigenvalue weighted by Gasteiger charge is -2.11. The van der Waals surface area contributed by atoms with Crippen molar-refractivity contribution in [3.63, 3.8) is 0 Å². The van der Waals surface area contributed by atoms with Gasteiger partial charge in [-0.15, -0.1) is 0 Å². The molecule has 0 spiro atoms. The van der Waals surface area contributed by atoms with Crippen LogP contribution in [0.5, 0.6) is 0 Å². The highest BCUT2D eigenvalue weighted by atomic mass is 79.9. The van der Waals surface area contributed by atoms with Gasteiger partial charge in [0.1, 0.15) is 0 Å². The van der Waals surface area contributed by atoms with E-state index >= 15 is 0 Å². The Morgan fingerprint density at radius 1 is 0.893 bits per heavy atom. The Labute approximate surface area is 172 Å². The molecule has 0 saturated heterocycles. The fraction of sp³-hybridized carbons (Fsp3) is 0.0909. The summed E-state index contributed by atoms with van der Waals surface area (Å²) >= 11 is 3.39. The number of rotatable bonds is 7. The van der Waals surface area contributed by atoms with Crippen LogP contribution in [0.15, 0.2) is 77.3 Å². The van der Waals surface area contributed by atoms with Gasteiger partial charge in [0.2, 0.25) is 5.91 Å². The molecule has 0 fully saturated rings. The third-order valence-corrected chi connectivity index (χ3v) is 4.69. The average Bonchev–Trinajstić information content (AvgIpc) is 2.68. The summed E-state index contributed by atoms with van der Waals surface area (Å²) in [5.41, 5.74) is 9.18. The van der Waals surface area contributed by atoms with Crippen molar-refractivity contribution >= 4 is 39.1 Å². The highest BCUT2D eigenvalue weighted by molar-refractivity contribution is 9.10. The summed E-state index contributed by atoms with van der Waals surface area (Å²) in [6, 6.07) is 22.3. The molecule has 0 unspecified atom stereocenters. The first-order valence-electron chi connectivity index (χ1n) is 8.77. The molecule has 2 amide bonds. The molecule has 142 valence electrons. The third kappa shape index (κ3) is 5.44. The van der Waals surface area contributed by atoms with Crippen molar-refractivity contribution in [2.75, 3.05) is 10.6 Å². The van der Waals surface area contributed by atoms with Gasteiger partial charge in [-0.2, -0.15) is 0 Å². The molecule has 3 aromatic rings. The van der Waals surface area contributed by atoms with Crippen molar-refractivity contribution in [1.82, 2.24) is 0 Å². The van der Waals surface area contributed by atoms with Crippen LogP contribution >= 0.6 is 15.9 Å². The van der Waals surface area contributed by atoms with Gasteiger partial charge in [-0.05, 0) is 47.5 Å². The van der Waals surface area contributed by atoms with Gasteiger partial charge in [-0.25, -0.2) is 0 Å². The van der Waals surface area contributed by atoms with Gasteiger partial charge in [0, 0.05) is 22.4 Å². The lowest BCUT2D eigenvalue weighted by Crippen LogP contribution is -2.15. The summed E-state index contributed by atoms with van der Waals surface area (Å²) in [6.45, 7) is 0.501. The standard InChI is InChI=1S/C22H20BrN3O2/c23-17-10-8-15(9-11-17)13-21(27)26-18-5-3-4-16(12-18)14-25-20-7-2-1-6-19(20)22(24)28/h1-12,25H,13-14H2,(H2,24,28)(H,26,27). The Hall–Kier alpha value is -3.12. The summed E-state index contributed by atoms with van der Waals surface area (Å²) < 4.78 is 0.981. The zero-order valence-electron chi connectivity index (χ0n) is 15.1. The van der Waals surface area contributed by atoms with E-state index in [9.17, 15) is 9.59 Å². The van der Waals surface area contributed by atoms with Crippen molar-refractivity contribution < 1.29 is 9.59 Å². The summed E-state index contributed by atoms with van der Waals surface area (Å²) in [6.07, 6.45) is 0.307. The first-order chi connectivity index (χ1) is 13.5. The molecule has 6 heteroatoms. The Kier molecular flexibility index (Phi) is 6.45. The van der Waals surface area contributed by atoms with Gasteiger partial charge >= 0.3 is 0 Å². The summed E-state index contributed by atoms with van der Waals surface area (Å²) in [4.78, 5) is 23.8. The Bertz CT molecular complexity index is 987. The van der Waals surface area contributed by atoms with Crippen LogP contribution in [0.3, 0.4) is 0 Å². The number of amides is 2. The van der Waals surface area contributed by atoms with E-state index in [-0.39, 0.29) is 5.91 Å². The van der Waals surface area contributed by atoms with Gasteiger partial charge in [-0.3, -0.25) is 9.59 Å². The smallest absolute Gasteiger partial charge is 0.250 e. The van der Waals surface area contributed by atoms with Crippen LogP contribution in [0.2, 0.25) is 0 Å². The summed E-state index contributed by atoms with van der Waals surface area (Å²) in [7, 11) is 0. The van der Waals surface area contributed by atoms with E-state index in [0.29, 0.717) is 24.2 Å². The van der Waals surface area contributed by atoms with Crippen molar-refractivity contribution in [2.24, 2.45) is 5.73 Å². The number of para-hydroxylation sites is 1. The molecule has 0 heterocycles. The predicted octanol–water partition coefficient (Wildman–Crippen LogP) is 4.34. The number of benzene rings is 3. The number of nitrogens with one attached hydrogen (secondary N) is 2. The molecule has 0 radical (unpaired) electrons. The van der Waals surface area contributed by atoms with Crippen LogP contribution in [-0.4, -0.2) is 11.8 Å². The van der Waals surface area contributed by atoms with Gasteiger partial charge < -0.3 is 16.4 Å². The van der Waals surface area contributed by atoms with E-state index in [1.807, 2.05) is 60.7 Å². The molecule has 0 saturated carbocycles. The average molecular weight is 438 g/mol. The molecular formula is C22H20BrN3O2. The Morgan fingerprint density at radius 2 is 1.64 bits per heavy atom. The molecule has 5 nitrogen and oxygen atoms in total. The van der Waals surface area contributed by atoms with Gasteiger partial charge in [0.25, 0.3) is 5.91 Å². The topological polar surface area (TPSA) is 84.2 Å². The molecule has 0 aliphatic rings. The van der Waals surface area contributed by atoms with E-state index < -0.39 is 5.91 Å². The highest BCUT2D eigenvalue weighted by Crippen LogP contribution is 2.17. The largest absolute Gasteiger partial charge is 0.380 e. The SMILES string of the molecule is NC(=O)c1ccccc1NCc1cccc(NC(=O)Cc2ccc(Br)cc2)c1. The minimum atomic E-state index is -0.475. The summed E-state index contributed by atoms with van der Waals surface area (Å²) in [5.74, 6) is -0.552. The fourth-order valence-corrected chi connectivity index (χ4v) is 3.07. The third-order valence-electron chi connectivity index (χ3n) is 4.16. The number of hydrogen-bond acceptors (Lipinski definition) is 3. The quantitative estimate of drug-likeness (QED) is 0.513. The monoisotopic (exact) mass is 437 g/mol. The number of halogens is 1. The molecule has 0 atom stereocenters. The van der Waals surface area contributed by atoms with Crippen LogP contribution in [-0.2, 0) is 17.8 Å². The second-order valence-corrected chi connectivity index (χ2v) is 7.23. The second kappa shape index (κ2) is 9.19. The molecule has 28 heavy (non-hydrogen) atoms. The molecule has 4 N–H and O–H groups in total. The molecule has 0 aliphatic carbocycles. The predicted molar refractivity (Wildman–Crippen MR) is 115 cm³/mol. The Morgan fingerprint density at radius 3 is 2.39 bits per heavy atom. The van der Waals surface area contributed by atoms with E-state index in [1.165, 1.54) is 0 Å². The number of nitrogens with two attached hydrogens (primary N) is 1. The van der Waals surface area contributed by atoms with Crippen molar-refractivity contribution in [3.8, 4) is 0 Å². The molecule has 0 aliphatic heterocycles. The normalized spacial score (nSPS) is 10.3. The van der Waals surface area contributed by atoms with Crippen molar-refractivity contribution in [3.05, 3.63) is 94.0 Å². The van der Waals surface area contributed by atoms with E-state index in [1.54, 1.807) is 12.1 Å². The maximum atomic E-state index is 12.3. The number of primary amides is 1. The molecular weight excluding hydrogens is 418 g/mol. The van der Waals surface area contributed by atoms with E-state index in [2.05, 4.69) is 26.6 Å². The second-order valence-electron chi connectivity index (χ2n) is 6.32. The van der Waals surface area contributed by atoms with Gasteiger partial charge in [0.15, 0.2) is 0 Å². The summed E-state index contributed by atoms with van der Waals surface area (Å²) in [5, 5.41) is 6.14. The van der Waals surface area contributed by atoms with E-state index in [4.69, 9.17) is 5.73 Å². The number of carbonyl (C=O) groups is 2. The number of anilines is 2. The minimum absolute atomic E-state index is 0.0773. The first kappa shape index (κ1) is 19.6. The maximum Gasteiger partial charge on any atom is 0.250 e. The number of hydrogen-bond donors (Lipinski definition) is 3.